The first kappa shape index (κ1) is 12.7. The summed E-state index contributed by atoms with van der Waals surface area (Å²) in [5.74, 6) is 0.400. The van der Waals surface area contributed by atoms with Crippen LogP contribution in [0.25, 0.3) is 0 Å². The fraction of sp³-hybridized carbons (Fsp3) is 0.538. The van der Waals surface area contributed by atoms with Gasteiger partial charge in [0, 0.05) is 6.42 Å². The summed E-state index contributed by atoms with van der Waals surface area (Å²) in [4.78, 5) is 25.0. The number of likely N-dealkylation sites (tertiary alicyclic amines) is 1. The maximum absolute atomic E-state index is 12.0. The lowest BCUT2D eigenvalue weighted by Crippen LogP contribution is -2.38. The Kier molecular flexibility index (Phi) is 3.15. The van der Waals surface area contributed by atoms with Crippen molar-refractivity contribution in [2.45, 2.75) is 45.3 Å². The lowest BCUT2D eigenvalue weighted by atomic mass is 10.2. The summed E-state index contributed by atoms with van der Waals surface area (Å²) in [7, 11) is 0. The molecule has 0 aromatic carbocycles. The molecule has 2 rings (SSSR count). The molecule has 1 aromatic heterocycles. The van der Waals surface area contributed by atoms with E-state index in [0.29, 0.717) is 18.6 Å². The van der Waals surface area contributed by atoms with Crippen LogP contribution in [-0.2, 0) is 9.53 Å². The lowest BCUT2D eigenvalue weighted by Gasteiger charge is -2.26. The van der Waals surface area contributed by atoms with E-state index in [1.807, 2.05) is 0 Å². The molecule has 0 bridgehead atoms. The van der Waals surface area contributed by atoms with Crippen molar-refractivity contribution >= 4 is 12.0 Å². The predicted octanol–water partition coefficient (Wildman–Crippen LogP) is 2.88. The van der Waals surface area contributed by atoms with Crippen LogP contribution in [0, 0.1) is 0 Å². The third kappa shape index (κ3) is 2.55. The molecule has 2 amide bonds. The molecule has 0 unspecified atom stereocenters. The molecule has 0 saturated carbocycles. The first-order valence-electron chi connectivity index (χ1n) is 5.97. The van der Waals surface area contributed by atoms with Gasteiger partial charge in [0.2, 0.25) is 5.91 Å². The molecule has 1 aliphatic heterocycles. The van der Waals surface area contributed by atoms with Gasteiger partial charge in [0.1, 0.15) is 17.4 Å². The minimum absolute atomic E-state index is 0.217. The summed E-state index contributed by atoms with van der Waals surface area (Å²) in [6.07, 6.45) is 1.84. The Morgan fingerprint density at radius 2 is 2.22 bits per heavy atom. The molecule has 2 heterocycles. The molecule has 0 N–H and O–H groups in total. The third-order valence-electron chi connectivity index (χ3n) is 2.67. The summed E-state index contributed by atoms with van der Waals surface area (Å²) in [6.45, 7) is 5.31. The second-order valence-corrected chi connectivity index (χ2v) is 5.31. The quantitative estimate of drug-likeness (QED) is 0.770. The number of hydrogen-bond donors (Lipinski definition) is 0. The Balaban J connectivity index is 2.18. The maximum atomic E-state index is 12.0. The molecule has 0 aliphatic carbocycles. The van der Waals surface area contributed by atoms with Crippen molar-refractivity contribution < 1.29 is 18.7 Å². The monoisotopic (exact) mass is 251 g/mol. The van der Waals surface area contributed by atoms with Gasteiger partial charge in [-0.05, 0) is 39.3 Å². The van der Waals surface area contributed by atoms with E-state index in [0.717, 1.165) is 4.90 Å². The maximum Gasteiger partial charge on any atom is 0.417 e. The van der Waals surface area contributed by atoms with Crippen molar-refractivity contribution in [3.05, 3.63) is 24.2 Å². The van der Waals surface area contributed by atoms with Crippen LogP contribution in [0.1, 0.15) is 45.4 Å². The van der Waals surface area contributed by atoms with E-state index in [4.69, 9.17) is 9.15 Å². The average Bonchev–Trinajstić information content (AvgIpc) is 2.82. The molecule has 1 atom stereocenters. The molecule has 5 heteroatoms. The largest absolute Gasteiger partial charge is 0.467 e. The number of rotatable bonds is 1. The third-order valence-corrected chi connectivity index (χ3v) is 2.67. The van der Waals surface area contributed by atoms with Gasteiger partial charge < -0.3 is 9.15 Å². The Bertz CT molecular complexity index is 444. The number of ether oxygens (including phenoxy) is 1. The molecule has 0 radical (unpaired) electrons. The zero-order chi connectivity index (χ0) is 13.3. The summed E-state index contributed by atoms with van der Waals surface area (Å²) < 4.78 is 10.5. The van der Waals surface area contributed by atoms with E-state index in [2.05, 4.69) is 0 Å². The standard InChI is InChI=1S/C13H17NO4/c1-13(2,3)18-12(16)14-9(6-7-11(14)15)10-5-4-8-17-10/h4-5,8-9H,6-7H2,1-3H3/t9-/m1/s1. The Morgan fingerprint density at radius 1 is 1.50 bits per heavy atom. The highest BCUT2D eigenvalue weighted by atomic mass is 16.6. The van der Waals surface area contributed by atoms with Crippen LogP contribution in [0.4, 0.5) is 4.79 Å². The number of amides is 2. The van der Waals surface area contributed by atoms with Gasteiger partial charge in [-0.3, -0.25) is 4.79 Å². The summed E-state index contributed by atoms with van der Waals surface area (Å²) in [5, 5.41) is 0. The molecule has 1 saturated heterocycles. The van der Waals surface area contributed by atoms with Crippen LogP contribution in [-0.4, -0.2) is 22.5 Å². The van der Waals surface area contributed by atoms with Crippen LogP contribution < -0.4 is 0 Å². The smallest absolute Gasteiger partial charge is 0.417 e. The van der Waals surface area contributed by atoms with Crippen molar-refractivity contribution in [1.29, 1.82) is 0 Å². The zero-order valence-electron chi connectivity index (χ0n) is 10.8. The van der Waals surface area contributed by atoms with E-state index in [9.17, 15) is 9.59 Å². The van der Waals surface area contributed by atoms with Crippen molar-refractivity contribution in [2.24, 2.45) is 0 Å². The normalized spacial score (nSPS) is 20.3. The van der Waals surface area contributed by atoms with Crippen molar-refractivity contribution in [1.82, 2.24) is 4.90 Å². The number of imide groups is 1. The van der Waals surface area contributed by atoms with Gasteiger partial charge in [-0.25, -0.2) is 9.69 Å². The first-order chi connectivity index (χ1) is 8.38. The fourth-order valence-electron chi connectivity index (χ4n) is 1.97. The van der Waals surface area contributed by atoms with Crippen LogP contribution in [0.15, 0.2) is 22.8 Å². The van der Waals surface area contributed by atoms with E-state index in [1.165, 1.54) is 6.26 Å². The van der Waals surface area contributed by atoms with E-state index >= 15 is 0 Å². The SMILES string of the molecule is CC(C)(C)OC(=O)N1C(=O)CC[C@@H]1c1ccco1. The van der Waals surface area contributed by atoms with Crippen LogP contribution in [0.5, 0.6) is 0 Å². The first-order valence-corrected chi connectivity index (χ1v) is 5.97. The number of nitrogens with zero attached hydrogens (tertiary/aromatic N) is 1. The number of carbonyl (C=O) groups excluding carboxylic acids is 2. The topological polar surface area (TPSA) is 59.8 Å². The van der Waals surface area contributed by atoms with Gasteiger partial charge in [0.15, 0.2) is 0 Å². The molecule has 0 spiro atoms. The Hall–Kier alpha value is -1.78. The van der Waals surface area contributed by atoms with E-state index in [-0.39, 0.29) is 11.9 Å². The van der Waals surface area contributed by atoms with Gasteiger partial charge in [-0.2, -0.15) is 0 Å². The highest BCUT2D eigenvalue weighted by Crippen LogP contribution is 2.34. The second kappa shape index (κ2) is 4.48. The molecule has 98 valence electrons. The summed E-state index contributed by atoms with van der Waals surface area (Å²) in [6, 6.07) is 3.16. The summed E-state index contributed by atoms with van der Waals surface area (Å²) in [5.41, 5.74) is -0.617. The highest BCUT2D eigenvalue weighted by molar-refractivity contribution is 5.94. The molecule has 1 aliphatic rings. The average molecular weight is 251 g/mol. The molecule has 1 aromatic rings. The fourth-order valence-corrected chi connectivity index (χ4v) is 1.97. The Labute approximate surface area is 106 Å². The van der Waals surface area contributed by atoms with Gasteiger partial charge in [0.05, 0.1) is 6.26 Å². The van der Waals surface area contributed by atoms with Gasteiger partial charge >= 0.3 is 6.09 Å². The van der Waals surface area contributed by atoms with E-state index in [1.54, 1.807) is 32.9 Å². The zero-order valence-corrected chi connectivity index (χ0v) is 10.8. The molecular formula is C13H17NO4. The van der Waals surface area contributed by atoms with Gasteiger partial charge in [-0.1, -0.05) is 0 Å². The van der Waals surface area contributed by atoms with Crippen LogP contribution >= 0.6 is 0 Å². The molecule has 1 fully saturated rings. The number of furan rings is 1. The van der Waals surface area contributed by atoms with Crippen molar-refractivity contribution in [3.8, 4) is 0 Å². The number of hydrogen-bond acceptors (Lipinski definition) is 4. The summed E-state index contributed by atoms with van der Waals surface area (Å²) >= 11 is 0. The molecule has 18 heavy (non-hydrogen) atoms. The molecule has 5 nitrogen and oxygen atoms in total. The van der Waals surface area contributed by atoms with Crippen molar-refractivity contribution in [2.75, 3.05) is 0 Å². The second-order valence-electron chi connectivity index (χ2n) is 5.31. The predicted molar refractivity (Wildman–Crippen MR) is 63.8 cm³/mol. The Morgan fingerprint density at radius 3 is 2.78 bits per heavy atom. The van der Waals surface area contributed by atoms with Gasteiger partial charge in [0.25, 0.3) is 0 Å². The minimum atomic E-state index is -0.617. The lowest BCUT2D eigenvalue weighted by molar-refractivity contribution is -0.128. The van der Waals surface area contributed by atoms with Gasteiger partial charge in [-0.15, -0.1) is 0 Å². The number of carbonyl (C=O) groups is 2. The van der Waals surface area contributed by atoms with Crippen molar-refractivity contribution in [3.63, 3.8) is 0 Å². The minimum Gasteiger partial charge on any atom is -0.467 e. The molecular weight excluding hydrogens is 234 g/mol. The van der Waals surface area contributed by atoms with E-state index < -0.39 is 11.7 Å². The van der Waals surface area contributed by atoms with Crippen LogP contribution in [0.3, 0.4) is 0 Å². The highest BCUT2D eigenvalue weighted by Gasteiger charge is 2.40. The van der Waals surface area contributed by atoms with Crippen LogP contribution in [0.2, 0.25) is 0 Å².